The number of benzene rings is 1. The van der Waals surface area contributed by atoms with E-state index in [1.165, 1.54) is 23.1 Å². The standard InChI is InChI=1S/C22H26FN3O4/c1-11(2)8-16-17-18(20(28)26(19(17)27)10-13-4-3-7-30-13)22(25-16)14-9-12(23)5-6-15(14)24-21(22)29/h5-6,9,11,13,16-18,25H,3-4,7-8,10H2,1-2H3,(H,24,29)/t13?,16-,17-,18+,22+/m0/s1. The molecular weight excluding hydrogens is 389 g/mol. The second-order valence-corrected chi connectivity index (χ2v) is 9.26. The average Bonchev–Trinajstić information content (AvgIpc) is 3.42. The van der Waals surface area contributed by atoms with Gasteiger partial charge in [-0.3, -0.25) is 24.6 Å². The molecule has 2 N–H and O–H groups in total. The lowest BCUT2D eigenvalue weighted by Gasteiger charge is -2.30. The highest BCUT2D eigenvalue weighted by atomic mass is 19.1. The summed E-state index contributed by atoms with van der Waals surface area (Å²) in [6.45, 7) is 4.92. The van der Waals surface area contributed by atoms with Crippen molar-refractivity contribution in [1.29, 1.82) is 0 Å². The molecule has 1 spiro atoms. The van der Waals surface area contributed by atoms with Crippen LogP contribution in [0.1, 0.15) is 38.7 Å². The van der Waals surface area contributed by atoms with Gasteiger partial charge in [-0.15, -0.1) is 0 Å². The Kier molecular flexibility index (Phi) is 4.48. The first-order valence-electron chi connectivity index (χ1n) is 10.7. The maximum absolute atomic E-state index is 14.2. The van der Waals surface area contributed by atoms with Crippen LogP contribution in [0, 0.1) is 23.6 Å². The number of nitrogens with one attached hydrogen (secondary N) is 2. The highest BCUT2D eigenvalue weighted by molar-refractivity contribution is 6.15. The van der Waals surface area contributed by atoms with Gasteiger partial charge in [-0.25, -0.2) is 4.39 Å². The molecule has 0 bridgehead atoms. The van der Waals surface area contributed by atoms with Crippen molar-refractivity contribution in [3.63, 3.8) is 0 Å². The van der Waals surface area contributed by atoms with Gasteiger partial charge in [0.1, 0.15) is 11.4 Å². The first-order chi connectivity index (χ1) is 14.3. The number of likely N-dealkylation sites (tertiary alicyclic amines) is 1. The number of amides is 3. The summed E-state index contributed by atoms with van der Waals surface area (Å²) in [7, 11) is 0. The van der Waals surface area contributed by atoms with Gasteiger partial charge < -0.3 is 10.1 Å². The largest absolute Gasteiger partial charge is 0.376 e. The topological polar surface area (TPSA) is 87.7 Å². The van der Waals surface area contributed by atoms with E-state index in [-0.39, 0.29) is 36.4 Å². The molecule has 7 nitrogen and oxygen atoms in total. The molecule has 3 fully saturated rings. The van der Waals surface area contributed by atoms with Crippen LogP contribution in [-0.4, -0.2) is 47.9 Å². The van der Waals surface area contributed by atoms with E-state index in [2.05, 4.69) is 10.6 Å². The summed E-state index contributed by atoms with van der Waals surface area (Å²) in [6, 6.07) is 3.74. The quantitative estimate of drug-likeness (QED) is 0.732. The maximum atomic E-state index is 14.2. The average molecular weight is 415 g/mol. The van der Waals surface area contributed by atoms with Crippen LogP contribution in [0.25, 0.3) is 0 Å². The molecule has 160 valence electrons. The Hall–Kier alpha value is -2.32. The monoisotopic (exact) mass is 415 g/mol. The van der Waals surface area contributed by atoms with Crippen LogP contribution in [0.4, 0.5) is 10.1 Å². The summed E-state index contributed by atoms with van der Waals surface area (Å²) >= 11 is 0. The van der Waals surface area contributed by atoms with E-state index in [0.29, 0.717) is 24.3 Å². The smallest absolute Gasteiger partial charge is 0.250 e. The number of ether oxygens (including phenoxy) is 1. The van der Waals surface area contributed by atoms with E-state index in [9.17, 15) is 18.8 Å². The first-order valence-corrected chi connectivity index (χ1v) is 10.7. The third-order valence-electron chi connectivity index (χ3n) is 6.90. The van der Waals surface area contributed by atoms with E-state index in [0.717, 1.165) is 12.8 Å². The van der Waals surface area contributed by atoms with Crippen molar-refractivity contribution in [3.05, 3.63) is 29.6 Å². The third-order valence-corrected chi connectivity index (χ3v) is 6.90. The lowest BCUT2D eigenvalue weighted by molar-refractivity contribution is -0.144. The van der Waals surface area contributed by atoms with Crippen LogP contribution < -0.4 is 10.6 Å². The number of carbonyl (C=O) groups is 3. The Morgan fingerprint density at radius 1 is 1.27 bits per heavy atom. The van der Waals surface area contributed by atoms with Gasteiger partial charge in [0.25, 0.3) is 0 Å². The molecule has 0 aliphatic carbocycles. The third kappa shape index (κ3) is 2.66. The number of carbonyl (C=O) groups excluding carboxylic acids is 3. The molecule has 3 saturated heterocycles. The minimum Gasteiger partial charge on any atom is -0.376 e. The van der Waals surface area contributed by atoms with Crippen molar-refractivity contribution in [2.75, 3.05) is 18.5 Å². The molecule has 1 aromatic rings. The fraction of sp³-hybridized carbons (Fsp3) is 0.591. The lowest BCUT2D eigenvalue weighted by atomic mass is 9.76. The highest BCUT2D eigenvalue weighted by Crippen LogP contribution is 2.53. The Balaban J connectivity index is 1.59. The number of imide groups is 1. The summed E-state index contributed by atoms with van der Waals surface area (Å²) in [5.74, 6) is -2.79. The molecule has 30 heavy (non-hydrogen) atoms. The Bertz CT molecular complexity index is 929. The molecule has 4 aliphatic rings. The molecule has 1 aromatic carbocycles. The van der Waals surface area contributed by atoms with E-state index in [4.69, 9.17) is 4.74 Å². The molecule has 3 amide bonds. The number of rotatable bonds is 4. The predicted octanol–water partition coefficient (Wildman–Crippen LogP) is 1.77. The Morgan fingerprint density at radius 2 is 2.07 bits per heavy atom. The number of anilines is 1. The zero-order valence-corrected chi connectivity index (χ0v) is 17.1. The molecule has 1 unspecified atom stereocenters. The summed E-state index contributed by atoms with van der Waals surface area (Å²) in [4.78, 5) is 41.5. The van der Waals surface area contributed by atoms with E-state index >= 15 is 0 Å². The van der Waals surface area contributed by atoms with Gasteiger partial charge in [0.05, 0.1) is 24.5 Å². The summed E-state index contributed by atoms with van der Waals surface area (Å²) in [5, 5.41) is 6.12. The van der Waals surface area contributed by atoms with Gasteiger partial charge in [0.2, 0.25) is 17.7 Å². The number of halogens is 1. The summed E-state index contributed by atoms with van der Waals surface area (Å²) < 4.78 is 19.8. The van der Waals surface area contributed by atoms with Crippen LogP contribution >= 0.6 is 0 Å². The minimum absolute atomic E-state index is 0.161. The maximum Gasteiger partial charge on any atom is 0.250 e. The van der Waals surface area contributed by atoms with Gasteiger partial charge in [0.15, 0.2) is 0 Å². The van der Waals surface area contributed by atoms with Gasteiger partial charge in [0, 0.05) is 23.9 Å². The highest BCUT2D eigenvalue weighted by Gasteiger charge is 2.70. The molecular formula is C22H26FN3O4. The second kappa shape index (κ2) is 6.85. The fourth-order valence-corrected chi connectivity index (χ4v) is 5.72. The van der Waals surface area contributed by atoms with Crippen LogP contribution in [0.2, 0.25) is 0 Å². The van der Waals surface area contributed by atoms with Crippen LogP contribution in [0.3, 0.4) is 0 Å². The first kappa shape index (κ1) is 19.6. The zero-order valence-electron chi connectivity index (χ0n) is 17.1. The van der Waals surface area contributed by atoms with E-state index in [1.807, 2.05) is 13.8 Å². The second-order valence-electron chi connectivity index (χ2n) is 9.26. The lowest BCUT2D eigenvalue weighted by Crippen LogP contribution is -2.54. The molecule has 4 heterocycles. The number of nitrogens with zero attached hydrogens (tertiary/aromatic N) is 1. The predicted molar refractivity (Wildman–Crippen MR) is 106 cm³/mol. The fourth-order valence-electron chi connectivity index (χ4n) is 5.72. The van der Waals surface area contributed by atoms with Crippen LogP contribution in [0.5, 0.6) is 0 Å². The van der Waals surface area contributed by atoms with E-state index < -0.39 is 29.1 Å². The Morgan fingerprint density at radius 3 is 2.77 bits per heavy atom. The summed E-state index contributed by atoms with van der Waals surface area (Å²) in [6.07, 6.45) is 2.18. The molecule has 0 aromatic heterocycles. The number of fused-ring (bicyclic) bond motifs is 4. The molecule has 5 atom stereocenters. The van der Waals surface area contributed by atoms with Crippen LogP contribution in [-0.2, 0) is 24.7 Å². The number of hydrogen-bond donors (Lipinski definition) is 2. The van der Waals surface area contributed by atoms with Crippen molar-refractivity contribution in [2.45, 2.75) is 50.8 Å². The molecule has 5 rings (SSSR count). The number of hydrogen-bond acceptors (Lipinski definition) is 5. The van der Waals surface area contributed by atoms with Crippen molar-refractivity contribution in [3.8, 4) is 0 Å². The minimum atomic E-state index is -1.43. The SMILES string of the molecule is CC(C)C[C@@H]1N[C@@]2(C(=O)Nc3ccc(F)cc32)[C@H]2C(=O)N(CC3CCCO3)C(=O)[C@@H]12. The van der Waals surface area contributed by atoms with Crippen molar-refractivity contribution in [1.82, 2.24) is 10.2 Å². The molecule has 0 radical (unpaired) electrons. The van der Waals surface area contributed by atoms with E-state index in [1.54, 1.807) is 0 Å². The van der Waals surface area contributed by atoms with Gasteiger partial charge in [-0.1, -0.05) is 13.8 Å². The normalized spacial score (nSPS) is 34.9. The van der Waals surface area contributed by atoms with Crippen molar-refractivity contribution < 1.29 is 23.5 Å². The Labute approximate surface area is 174 Å². The van der Waals surface area contributed by atoms with Gasteiger partial charge >= 0.3 is 0 Å². The van der Waals surface area contributed by atoms with Crippen molar-refractivity contribution >= 4 is 23.4 Å². The van der Waals surface area contributed by atoms with Gasteiger partial charge in [-0.2, -0.15) is 0 Å². The van der Waals surface area contributed by atoms with Gasteiger partial charge in [-0.05, 0) is 43.4 Å². The van der Waals surface area contributed by atoms with Crippen molar-refractivity contribution in [2.24, 2.45) is 17.8 Å². The molecule has 0 saturated carbocycles. The van der Waals surface area contributed by atoms with Crippen LogP contribution in [0.15, 0.2) is 18.2 Å². The zero-order chi connectivity index (χ0) is 21.2. The molecule has 8 heteroatoms. The molecule has 4 aliphatic heterocycles. The summed E-state index contributed by atoms with van der Waals surface area (Å²) in [5.41, 5.74) is -0.538.